The molecule has 0 saturated heterocycles. The molecule has 3 rings (SSSR count). The first kappa shape index (κ1) is 26.3. The molecule has 2 aromatic carbocycles. The second-order valence-corrected chi connectivity index (χ2v) is 9.78. The van der Waals surface area contributed by atoms with Gasteiger partial charge in [0, 0.05) is 26.7 Å². The van der Waals surface area contributed by atoms with Crippen molar-refractivity contribution in [2.45, 2.75) is 26.7 Å². The van der Waals surface area contributed by atoms with Crippen LogP contribution in [0.5, 0.6) is 0 Å². The summed E-state index contributed by atoms with van der Waals surface area (Å²) in [6, 6.07) is 13.0. The highest BCUT2D eigenvalue weighted by Gasteiger charge is 2.46. The van der Waals surface area contributed by atoms with Crippen LogP contribution >= 0.6 is 23.2 Å². The molecule has 1 aliphatic rings. The third kappa shape index (κ3) is 5.06. The summed E-state index contributed by atoms with van der Waals surface area (Å²) in [4.78, 5) is 27.7. The van der Waals surface area contributed by atoms with Crippen LogP contribution < -0.4 is 4.90 Å². The number of carbonyl (C=O) groups is 2. The SMILES string of the molecule is COC(=O)C1=C(C(=O)OC)N(c2ccc(Cl)cc2)C(=N)/C(=C(/O)C(C)(C)C)C1c1ccc(Cl)cc1. The van der Waals surface area contributed by atoms with Gasteiger partial charge in [-0.2, -0.15) is 0 Å². The molecular formula is C26H26Cl2N2O5. The van der Waals surface area contributed by atoms with Crippen LogP contribution in [0.1, 0.15) is 32.3 Å². The number of allylic oxidation sites excluding steroid dienone is 1. The van der Waals surface area contributed by atoms with E-state index in [1.807, 2.05) is 0 Å². The fraction of sp³-hybridized carbons (Fsp3) is 0.269. The van der Waals surface area contributed by atoms with Crippen LogP contribution in [-0.4, -0.2) is 37.1 Å². The second-order valence-electron chi connectivity index (χ2n) is 8.90. The number of hydrogen-bond donors (Lipinski definition) is 2. The van der Waals surface area contributed by atoms with Gasteiger partial charge in [-0.3, -0.25) is 10.3 Å². The number of rotatable bonds is 4. The van der Waals surface area contributed by atoms with Crippen molar-refractivity contribution < 1.29 is 24.2 Å². The number of nitrogens with zero attached hydrogens (tertiary/aromatic N) is 1. The Morgan fingerprint density at radius 1 is 0.914 bits per heavy atom. The lowest BCUT2D eigenvalue weighted by Crippen LogP contribution is -2.45. The summed E-state index contributed by atoms with van der Waals surface area (Å²) >= 11 is 12.2. The predicted octanol–water partition coefficient (Wildman–Crippen LogP) is 6.03. The normalized spacial score (nSPS) is 17.9. The zero-order chi connectivity index (χ0) is 26.1. The molecule has 0 aliphatic carbocycles. The Morgan fingerprint density at radius 3 is 1.86 bits per heavy atom. The molecule has 0 saturated carbocycles. The fourth-order valence-corrected chi connectivity index (χ4v) is 4.13. The number of halogens is 2. The van der Waals surface area contributed by atoms with E-state index in [0.717, 1.165) is 0 Å². The molecular weight excluding hydrogens is 491 g/mol. The van der Waals surface area contributed by atoms with Crippen molar-refractivity contribution in [3.63, 3.8) is 0 Å². The van der Waals surface area contributed by atoms with E-state index >= 15 is 0 Å². The van der Waals surface area contributed by atoms with Crippen LogP contribution in [0.4, 0.5) is 5.69 Å². The summed E-state index contributed by atoms with van der Waals surface area (Å²) in [5, 5.41) is 21.5. The lowest BCUT2D eigenvalue weighted by molar-refractivity contribution is -0.139. The van der Waals surface area contributed by atoms with Gasteiger partial charge in [0.15, 0.2) is 0 Å². The van der Waals surface area contributed by atoms with Gasteiger partial charge in [-0.25, -0.2) is 9.59 Å². The van der Waals surface area contributed by atoms with Gasteiger partial charge in [-0.1, -0.05) is 56.1 Å². The van der Waals surface area contributed by atoms with Crippen molar-refractivity contribution in [3.05, 3.63) is 86.7 Å². The van der Waals surface area contributed by atoms with Crippen molar-refractivity contribution in [2.24, 2.45) is 5.41 Å². The molecule has 9 heteroatoms. The monoisotopic (exact) mass is 516 g/mol. The molecule has 2 N–H and O–H groups in total. The number of methoxy groups -OCH3 is 2. The van der Waals surface area contributed by atoms with Gasteiger partial charge in [0.1, 0.15) is 17.3 Å². The number of amidine groups is 1. The van der Waals surface area contributed by atoms with Crippen LogP contribution in [0.25, 0.3) is 0 Å². The van der Waals surface area contributed by atoms with Crippen molar-refractivity contribution in [1.82, 2.24) is 0 Å². The first-order chi connectivity index (χ1) is 16.4. The average molecular weight is 517 g/mol. The Balaban J connectivity index is 2.53. The number of carbonyl (C=O) groups excluding carboxylic acids is 2. The highest BCUT2D eigenvalue weighted by atomic mass is 35.5. The van der Waals surface area contributed by atoms with Crippen LogP contribution in [-0.2, 0) is 19.1 Å². The summed E-state index contributed by atoms with van der Waals surface area (Å²) in [5.74, 6) is -2.99. The van der Waals surface area contributed by atoms with E-state index in [1.165, 1.54) is 19.1 Å². The highest BCUT2D eigenvalue weighted by Crippen LogP contribution is 2.46. The maximum absolute atomic E-state index is 13.3. The Bertz CT molecular complexity index is 1230. The molecule has 184 valence electrons. The quantitative estimate of drug-likeness (QED) is 0.379. The fourth-order valence-electron chi connectivity index (χ4n) is 3.88. The standard InChI is InChI=1S/C26H26Cl2N2O5/c1-26(2,3)22(31)20-18(14-6-8-15(27)9-7-14)19(24(32)34-4)21(25(33)35-5)30(23(20)29)17-12-10-16(28)11-13-17/h6-13,18,29,31H,1-5H3/b22-20+,29-23?. The smallest absolute Gasteiger partial charge is 0.355 e. The number of nitrogens with one attached hydrogen (secondary N) is 1. The Kier molecular flexibility index (Phi) is 7.62. The topological polar surface area (TPSA) is 99.9 Å². The van der Waals surface area contributed by atoms with Crippen molar-refractivity contribution in [1.29, 1.82) is 5.41 Å². The molecule has 1 atom stereocenters. The summed E-state index contributed by atoms with van der Waals surface area (Å²) in [6.07, 6.45) is 0. The molecule has 0 fully saturated rings. The van der Waals surface area contributed by atoms with E-state index in [9.17, 15) is 14.7 Å². The zero-order valence-corrected chi connectivity index (χ0v) is 21.5. The molecule has 1 unspecified atom stereocenters. The predicted molar refractivity (Wildman–Crippen MR) is 136 cm³/mol. The molecule has 0 radical (unpaired) electrons. The largest absolute Gasteiger partial charge is 0.511 e. The maximum Gasteiger partial charge on any atom is 0.355 e. The van der Waals surface area contributed by atoms with Crippen molar-refractivity contribution in [3.8, 4) is 0 Å². The number of aliphatic hydroxyl groups is 1. The Morgan fingerprint density at radius 2 is 1.40 bits per heavy atom. The van der Waals surface area contributed by atoms with Crippen LogP contribution in [0.3, 0.4) is 0 Å². The van der Waals surface area contributed by atoms with Gasteiger partial charge in [-0.05, 0) is 42.0 Å². The number of esters is 2. The highest BCUT2D eigenvalue weighted by molar-refractivity contribution is 6.31. The van der Waals surface area contributed by atoms with E-state index in [4.69, 9.17) is 38.1 Å². The first-order valence-electron chi connectivity index (χ1n) is 10.7. The summed E-state index contributed by atoms with van der Waals surface area (Å²) < 4.78 is 10.1. The maximum atomic E-state index is 13.3. The van der Waals surface area contributed by atoms with E-state index < -0.39 is 23.3 Å². The lowest BCUT2D eigenvalue weighted by atomic mass is 9.75. The number of aliphatic hydroxyl groups excluding tert-OH is 1. The van der Waals surface area contributed by atoms with Crippen molar-refractivity contribution in [2.75, 3.05) is 19.1 Å². The minimum atomic E-state index is -1.01. The molecule has 0 amide bonds. The molecule has 0 bridgehead atoms. The summed E-state index contributed by atoms with van der Waals surface area (Å²) in [5.41, 5.74) is -0.0297. The third-order valence-electron chi connectivity index (χ3n) is 5.57. The summed E-state index contributed by atoms with van der Waals surface area (Å²) in [7, 11) is 2.38. The Hall–Kier alpha value is -3.29. The van der Waals surface area contributed by atoms with Gasteiger partial charge in [-0.15, -0.1) is 0 Å². The molecule has 35 heavy (non-hydrogen) atoms. The molecule has 0 aromatic heterocycles. The number of hydrogen-bond acceptors (Lipinski definition) is 6. The average Bonchev–Trinajstić information content (AvgIpc) is 2.82. The molecule has 7 nitrogen and oxygen atoms in total. The van der Waals surface area contributed by atoms with Crippen molar-refractivity contribution >= 4 is 46.7 Å². The van der Waals surface area contributed by atoms with Crippen LogP contribution in [0.2, 0.25) is 10.0 Å². The van der Waals surface area contributed by atoms with Gasteiger partial charge in [0.2, 0.25) is 0 Å². The number of ether oxygens (including phenoxy) is 2. The molecule has 2 aromatic rings. The van der Waals surface area contributed by atoms with Gasteiger partial charge < -0.3 is 14.6 Å². The minimum Gasteiger partial charge on any atom is -0.511 e. The van der Waals surface area contributed by atoms with E-state index in [0.29, 0.717) is 21.3 Å². The van der Waals surface area contributed by atoms with E-state index in [-0.39, 0.29) is 28.4 Å². The summed E-state index contributed by atoms with van der Waals surface area (Å²) in [6.45, 7) is 5.35. The van der Waals surface area contributed by atoms with E-state index in [2.05, 4.69) is 0 Å². The van der Waals surface area contributed by atoms with Crippen LogP contribution in [0.15, 0.2) is 71.1 Å². The molecule has 1 aliphatic heterocycles. The number of anilines is 1. The van der Waals surface area contributed by atoms with Gasteiger partial charge >= 0.3 is 11.9 Å². The van der Waals surface area contributed by atoms with Crippen LogP contribution in [0, 0.1) is 10.8 Å². The molecule has 1 heterocycles. The zero-order valence-electron chi connectivity index (χ0n) is 20.0. The third-order valence-corrected chi connectivity index (χ3v) is 6.08. The number of benzene rings is 2. The van der Waals surface area contributed by atoms with Gasteiger partial charge in [0.05, 0.1) is 25.7 Å². The first-order valence-corrected chi connectivity index (χ1v) is 11.4. The van der Waals surface area contributed by atoms with E-state index in [1.54, 1.807) is 69.3 Å². The molecule has 0 spiro atoms. The van der Waals surface area contributed by atoms with Gasteiger partial charge in [0.25, 0.3) is 0 Å². The lowest BCUT2D eigenvalue weighted by Gasteiger charge is -2.39. The second kappa shape index (κ2) is 10.1. The Labute approximate surface area is 214 Å². The minimum absolute atomic E-state index is 0.0848.